The molecule has 130 valence electrons. The fraction of sp³-hybridized carbons (Fsp3) is 0.294. The van der Waals surface area contributed by atoms with E-state index in [1.807, 2.05) is 38.1 Å². The van der Waals surface area contributed by atoms with Crippen LogP contribution in [-0.4, -0.2) is 28.1 Å². The van der Waals surface area contributed by atoms with Crippen LogP contribution in [-0.2, 0) is 11.2 Å². The van der Waals surface area contributed by atoms with Crippen molar-refractivity contribution in [3.05, 3.63) is 40.7 Å². The fourth-order valence-electron chi connectivity index (χ4n) is 2.14. The third-order valence-electron chi connectivity index (χ3n) is 3.66. The van der Waals surface area contributed by atoms with Crippen LogP contribution in [0, 0.1) is 13.8 Å². The van der Waals surface area contributed by atoms with Gasteiger partial charge in [0, 0.05) is 23.3 Å². The number of ether oxygens (including phenoxy) is 1. The number of nitrogens with zero attached hydrogens (tertiary/aromatic N) is 3. The highest BCUT2D eigenvalue weighted by Crippen LogP contribution is 2.22. The SMILES string of the molecule is COc1ccc(-c2noc(CCC(=O)Nc3nc(C)c(C)s3)n2)cc1. The number of amides is 1. The Morgan fingerprint density at radius 3 is 2.64 bits per heavy atom. The van der Waals surface area contributed by atoms with Crippen molar-refractivity contribution in [2.75, 3.05) is 12.4 Å². The van der Waals surface area contributed by atoms with Gasteiger partial charge in [0.1, 0.15) is 5.75 Å². The number of rotatable bonds is 6. The second-order valence-corrected chi connectivity index (χ2v) is 6.65. The summed E-state index contributed by atoms with van der Waals surface area (Å²) in [7, 11) is 1.61. The number of aromatic nitrogens is 3. The first-order valence-corrected chi connectivity index (χ1v) is 8.57. The van der Waals surface area contributed by atoms with Crippen LogP contribution in [0.2, 0.25) is 0 Å². The Hall–Kier alpha value is -2.74. The average molecular weight is 358 g/mol. The maximum atomic E-state index is 12.0. The van der Waals surface area contributed by atoms with E-state index in [1.165, 1.54) is 11.3 Å². The molecule has 0 atom stereocenters. The van der Waals surface area contributed by atoms with Crippen LogP contribution in [0.3, 0.4) is 0 Å². The van der Waals surface area contributed by atoms with Crippen molar-refractivity contribution in [2.24, 2.45) is 0 Å². The molecule has 1 amide bonds. The Morgan fingerprint density at radius 2 is 2.00 bits per heavy atom. The highest BCUT2D eigenvalue weighted by molar-refractivity contribution is 7.15. The van der Waals surface area contributed by atoms with Crippen LogP contribution >= 0.6 is 11.3 Å². The summed E-state index contributed by atoms with van der Waals surface area (Å²) in [4.78, 5) is 21.7. The van der Waals surface area contributed by atoms with Gasteiger partial charge in [-0.05, 0) is 38.1 Å². The molecule has 0 spiro atoms. The summed E-state index contributed by atoms with van der Waals surface area (Å²) in [6.07, 6.45) is 0.625. The molecule has 0 bridgehead atoms. The predicted octanol–water partition coefficient (Wildman–Crippen LogP) is 3.39. The molecule has 0 unspecified atom stereocenters. The first-order chi connectivity index (χ1) is 12.0. The molecule has 2 aromatic heterocycles. The monoisotopic (exact) mass is 358 g/mol. The van der Waals surface area contributed by atoms with Crippen molar-refractivity contribution in [1.29, 1.82) is 0 Å². The molecule has 0 radical (unpaired) electrons. The van der Waals surface area contributed by atoms with Crippen molar-refractivity contribution < 1.29 is 14.1 Å². The van der Waals surface area contributed by atoms with Gasteiger partial charge in [-0.1, -0.05) is 5.16 Å². The van der Waals surface area contributed by atoms with Crippen LogP contribution in [0.25, 0.3) is 11.4 Å². The van der Waals surface area contributed by atoms with E-state index in [1.54, 1.807) is 7.11 Å². The second-order valence-electron chi connectivity index (χ2n) is 5.45. The third-order valence-corrected chi connectivity index (χ3v) is 4.65. The van der Waals surface area contributed by atoms with Gasteiger partial charge in [0.05, 0.1) is 12.8 Å². The van der Waals surface area contributed by atoms with Crippen molar-refractivity contribution >= 4 is 22.4 Å². The zero-order chi connectivity index (χ0) is 17.8. The van der Waals surface area contributed by atoms with E-state index >= 15 is 0 Å². The van der Waals surface area contributed by atoms with E-state index < -0.39 is 0 Å². The molecular formula is C17H18N4O3S. The first kappa shape index (κ1) is 17.1. The molecule has 3 aromatic rings. The Bertz CT molecular complexity index is 851. The van der Waals surface area contributed by atoms with Crippen LogP contribution in [0.5, 0.6) is 5.75 Å². The summed E-state index contributed by atoms with van der Waals surface area (Å²) in [5.74, 6) is 1.55. The lowest BCUT2D eigenvalue weighted by Gasteiger charge is -1.99. The first-order valence-electron chi connectivity index (χ1n) is 7.76. The number of hydrogen-bond acceptors (Lipinski definition) is 7. The maximum absolute atomic E-state index is 12.0. The van der Waals surface area contributed by atoms with E-state index in [9.17, 15) is 4.79 Å². The standard InChI is InChI=1S/C17H18N4O3S/c1-10-11(2)25-17(18-10)19-14(22)8-9-15-20-16(21-24-15)12-4-6-13(23-3)7-5-12/h4-7H,8-9H2,1-3H3,(H,18,19,22). The van der Waals surface area contributed by atoms with Crippen molar-refractivity contribution in [1.82, 2.24) is 15.1 Å². The Balaban J connectivity index is 1.56. The molecule has 2 heterocycles. The van der Waals surface area contributed by atoms with E-state index in [-0.39, 0.29) is 12.3 Å². The topological polar surface area (TPSA) is 90.1 Å². The Kier molecular flexibility index (Phi) is 5.08. The number of nitrogens with one attached hydrogen (secondary N) is 1. The lowest BCUT2D eigenvalue weighted by atomic mass is 10.2. The van der Waals surface area contributed by atoms with E-state index in [0.29, 0.717) is 23.3 Å². The molecule has 7 nitrogen and oxygen atoms in total. The van der Waals surface area contributed by atoms with E-state index in [0.717, 1.165) is 21.9 Å². The van der Waals surface area contributed by atoms with Gasteiger partial charge in [0.15, 0.2) is 5.13 Å². The molecule has 3 rings (SSSR count). The number of hydrogen-bond donors (Lipinski definition) is 1. The van der Waals surface area contributed by atoms with Crippen LogP contribution in [0.4, 0.5) is 5.13 Å². The number of carbonyl (C=O) groups excluding carboxylic acids is 1. The lowest BCUT2D eigenvalue weighted by molar-refractivity contribution is -0.116. The van der Waals surface area contributed by atoms with Gasteiger partial charge in [-0.25, -0.2) is 4.98 Å². The molecule has 0 aliphatic heterocycles. The number of anilines is 1. The van der Waals surface area contributed by atoms with Gasteiger partial charge in [-0.15, -0.1) is 11.3 Å². The molecular weight excluding hydrogens is 340 g/mol. The molecule has 0 aliphatic carbocycles. The molecule has 8 heteroatoms. The zero-order valence-electron chi connectivity index (χ0n) is 14.2. The molecule has 0 saturated carbocycles. The molecule has 0 aliphatic rings. The highest BCUT2D eigenvalue weighted by Gasteiger charge is 2.12. The van der Waals surface area contributed by atoms with Crippen LogP contribution in [0.1, 0.15) is 22.9 Å². The molecule has 0 fully saturated rings. The average Bonchev–Trinajstić information content (AvgIpc) is 3.20. The second kappa shape index (κ2) is 7.43. The Morgan fingerprint density at radius 1 is 1.24 bits per heavy atom. The smallest absolute Gasteiger partial charge is 0.227 e. The summed E-state index contributed by atoms with van der Waals surface area (Å²) >= 11 is 1.46. The number of benzene rings is 1. The van der Waals surface area contributed by atoms with E-state index in [4.69, 9.17) is 9.26 Å². The fourth-order valence-corrected chi connectivity index (χ4v) is 2.97. The van der Waals surface area contributed by atoms with Gasteiger partial charge >= 0.3 is 0 Å². The largest absolute Gasteiger partial charge is 0.497 e. The molecule has 25 heavy (non-hydrogen) atoms. The molecule has 0 saturated heterocycles. The van der Waals surface area contributed by atoms with Crippen molar-refractivity contribution in [3.8, 4) is 17.1 Å². The van der Waals surface area contributed by atoms with Crippen molar-refractivity contribution in [2.45, 2.75) is 26.7 Å². The summed E-state index contributed by atoms with van der Waals surface area (Å²) in [5, 5.41) is 7.35. The summed E-state index contributed by atoms with van der Waals surface area (Å²) in [5.41, 5.74) is 1.76. The van der Waals surface area contributed by atoms with Gasteiger partial charge in [0.25, 0.3) is 0 Å². The minimum atomic E-state index is -0.127. The predicted molar refractivity (Wildman–Crippen MR) is 94.8 cm³/mol. The van der Waals surface area contributed by atoms with E-state index in [2.05, 4.69) is 20.4 Å². The number of methoxy groups -OCH3 is 1. The Labute approximate surface area is 149 Å². The van der Waals surface area contributed by atoms with Crippen LogP contribution < -0.4 is 10.1 Å². The quantitative estimate of drug-likeness (QED) is 0.726. The number of carbonyl (C=O) groups is 1. The van der Waals surface area contributed by atoms with Gasteiger partial charge < -0.3 is 14.6 Å². The minimum absolute atomic E-state index is 0.127. The number of aryl methyl sites for hydroxylation is 3. The van der Waals surface area contributed by atoms with Crippen LogP contribution in [0.15, 0.2) is 28.8 Å². The highest BCUT2D eigenvalue weighted by atomic mass is 32.1. The van der Waals surface area contributed by atoms with Gasteiger partial charge in [-0.3, -0.25) is 4.79 Å². The summed E-state index contributed by atoms with van der Waals surface area (Å²) in [6.45, 7) is 3.89. The van der Waals surface area contributed by atoms with Crippen molar-refractivity contribution in [3.63, 3.8) is 0 Å². The normalized spacial score (nSPS) is 10.7. The van der Waals surface area contributed by atoms with Gasteiger partial charge in [-0.2, -0.15) is 4.98 Å². The number of thiazole rings is 1. The summed E-state index contributed by atoms with van der Waals surface area (Å²) in [6, 6.07) is 7.37. The third kappa shape index (κ3) is 4.21. The molecule has 1 aromatic carbocycles. The minimum Gasteiger partial charge on any atom is -0.497 e. The zero-order valence-corrected chi connectivity index (χ0v) is 15.0. The summed E-state index contributed by atoms with van der Waals surface area (Å²) < 4.78 is 10.3. The maximum Gasteiger partial charge on any atom is 0.227 e. The van der Waals surface area contributed by atoms with Gasteiger partial charge in [0.2, 0.25) is 17.6 Å². The molecule has 1 N–H and O–H groups in total. The lowest BCUT2D eigenvalue weighted by Crippen LogP contribution is -2.12.